The molecule has 0 aliphatic heterocycles. The van der Waals surface area contributed by atoms with E-state index < -0.39 is 0 Å². The molecule has 10 aromatic rings. The molecule has 7 aromatic carbocycles. The summed E-state index contributed by atoms with van der Waals surface area (Å²) in [5.41, 5.74) is 11.9. The molecule has 0 aliphatic rings. The van der Waals surface area contributed by atoms with Gasteiger partial charge < -0.3 is 9.13 Å². The van der Waals surface area contributed by atoms with Gasteiger partial charge >= 0.3 is 0 Å². The number of aromatic nitrogens is 5. The van der Waals surface area contributed by atoms with Crippen LogP contribution in [0.2, 0.25) is 0 Å². The molecule has 0 radical (unpaired) electrons. The summed E-state index contributed by atoms with van der Waals surface area (Å²) in [5, 5.41) is 14.2. The van der Waals surface area contributed by atoms with Gasteiger partial charge in [0, 0.05) is 38.5 Å². The highest BCUT2D eigenvalue weighted by Crippen LogP contribution is 2.42. The number of rotatable bonds is 5. The van der Waals surface area contributed by atoms with Gasteiger partial charge in [0.05, 0.1) is 46.0 Å². The average Bonchev–Trinajstić information content (AvgIpc) is 3.79. The Hall–Kier alpha value is -7.87. The third-order valence-corrected chi connectivity index (χ3v) is 11.9. The van der Waals surface area contributed by atoms with Crippen molar-refractivity contribution in [3.63, 3.8) is 0 Å². The highest BCUT2D eigenvalue weighted by Gasteiger charge is 2.24. The highest BCUT2D eigenvalue weighted by atomic mass is 15.1. The fourth-order valence-electron chi connectivity index (χ4n) is 8.61. The van der Waals surface area contributed by atoms with Gasteiger partial charge in [0.25, 0.3) is 0 Å². The van der Waals surface area contributed by atoms with E-state index in [0.29, 0.717) is 28.7 Å². The lowest BCUT2D eigenvalue weighted by Gasteiger charge is -2.20. The minimum atomic E-state index is -0.0830. The summed E-state index contributed by atoms with van der Waals surface area (Å²) in [7, 11) is 0. The Kier molecular flexibility index (Phi) is 8.91. The Bertz CT molecular complexity index is 3430. The van der Waals surface area contributed by atoms with Crippen molar-refractivity contribution in [3.8, 4) is 51.6 Å². The lowest BCUT2D eigenvalue weighted by atomic mass is 9.86. The lowest BCUT2D eigenvalue weighted by molar-refractivity contribution is 0.591. The molecule has 0 amide bonds. The Balaban J connectivity index is 1.33. The van der Waals surface area contributed by atoms with E-state index in [1.165, 1.54) is 11.1 Å². The summed E-state index contributed by atoms with van der Waals surface area (Å²) < 4.78 is 4.57. The van der Waals surface area contributed by atoms with Crippen molar-refractivity contribution in [2.24, 2.45) is 0 Å². The van der Waals surface area contributed by atoms with E-state index >= 15 is 0 Å². The second-order valence-electron chi connectivity index (χ2n) is 18.0. The fraction of sp³-hybridized carbons (Fsp3) is 0.145. The molecule has 0 unspecified atom stereocenters. The molecule has 62 heavy (non-hydrogen) atoms. The Labute approximate surface area is 361 Å². The van der Waals surface area contributed by atoms with Gasteiger partial charge in [-0.15, -0.1) is 0 Å². The number of fused-ring (bicyclic) bond motifs is 6. The normalized spacial score (nSPS) is 12.0. The SMILES string of the molecule is [C-]#[N+]c1ccc2c(c1)c1cc(C(C)(C)C)ccc1n2-c1ccc(-n2c3ccc(C#N)cc3c3cc(C(C)(C)C)ccc32)c(-c2nc(-c3ccccc3)nc(-c3ccccc3)n2)c1. The van der Waals surface area contributed by atoms with Crippen LogP contribution < -0.4 is 0 Å². The van der Waals surface area contributed by atoms with Crippen LogP contribution in [-0.2, 0) is 10.8 Å². The Morgan fingerprint density at radius 1 is 0.500 bits per heavy atom. The summed E-state index contributed by atoms with van der Waals surface area (Å²) in [6, 6.07) is 54.3. The van der Waals surface area contributed by atoms with Crippen LogP contribution >= 0.6 is 0 Å². The summed E-state index contributed by atoms with van der Waals surface area (Å²) in [6.07, 6.45) is 0. The van der Waals surface area contributed by atoms with E-state index in [0.717, 1.165) is 71.7 Å². The molecule has 0 N–H and O–H groups in total. The minimum Gasteiger partial charge on any atom is -0.309 e. The molecule has 3 aromatic heterocycles. The van der Waals surface area contributed by atoms with Crippen LogP contribution in [0.4, 0.5) is 5.69 Å². The van der Waals surface area contributed by atoms with Gasteiger partial charge in [0.15, 0.2) is 23.2 Å². The predicted molar refractivity (Wildman–Crippen MR) is 253 cm³/mol. The lowest BCUT2D eigenvalue weighted by Crippen LogP contribution is -2.10. The quantitative estimate of drug-likeness (QED) is 0.162. The maximum atomic E-state index is 10.1. The van der Waals surface area contributed by atoms with Crippen LogP contribution in [0, 0.1) is 17.9 Å². The third-order valence-electron chi connectivity index (χ3n) is 11.9. The number of nitrogens with zero attached hydrogens (tertiary/aromatic N) is 7. The van der Waals surface area contributed by atoms with E-state index in [1.807, 2.05) is 84.9 Å². The van der Waals surface area contributed by atoms with E-state index in [2.05, 4.69) is 128 Å². The minimum absolute atomic E-state index is 0.0651. The van der Waals surface area contributed by atoms with Gasteiger partial charge in [-0.25, -0.2) is 19.8 Å². The molecule has 0 atom stereocenters. The predicted octanol–water partition coefficient (Wildman–Crippen LogP) is 14.1. The zero-order valence-corrected chi connectivity index (χ0v) is 35.6. The first kappa shape index (κ1) is 38.3. The molecule has 0 spiro atoms. The highest BCUT2D eigenvalue weighted by molar-refractivity contribution is 6.12. The second-order valence-corrected chi connectivity index (χ2v) is 18.0. The van der Waals surface area contributed by atoms with Crippen molar-refractivity contribution < 1.29 is 0 Å². The van der Waals surface area contributed by atoms with Crippen molar-refractivity contribution in [2.45, 2.75) is 52.4 Å². The average molecular weight is 802 g/mol. The van der Waals surface area contributed by atoms with Crippen LogP contribution in [0.1, 0.15) is 58.2 Å². The molecule has 298 valence electrons. The first-order chi connectivity index (χ1) is 29.9. The number of benzene rings is 7. The Morgan fingerprint density at radius 2 is 0.984 bits per heavy atom. The molecule has 7 heteroatoms. The van der Waals surface area contributed by atoms with Crippen molar-refractivity contribution >= 4 is 49.3 Å². The van der Waals surface area contributed by atoms with Gasteiger partial charge in [-0.1, -0.05) is 120 Å². The van der Waals surface area contributed by atoms with Crippen LogP contribution in [0.3, 0.4) is 0 Å². The molecule has 0 bridgehead atoms. The Morgan fingerprint density at radius 3 is 1.52 bits per heavy atom. The standard InChI is InChI=1S/C55H43N7/c1-54(2,3)37-19-24-46-43(30-37)44-31-39(57-7)21-26-47(44)61(46)40-22-27-50(62-48-23-18-34(33-56)28-41(48)42-29-38(55(4,5)6)20-25-49(42)62)45(32-40)53-59-51(35-14-10-8-11-15-35)58-52(60-53)36-16-12-9-13-17-36/h8-32H,1-6H3. The smallest absolute Gasteiger partial charge is 0.188 e. The van der Waals surface area contributed by atoms with Crippen molar-refractivity contribution in [3.05, 3.63) is 180 Å². The monoisotopic (exact) mass is 801 g/mol. The van der Waals surface area contributed by atoms with Gasteiger partial charge in [-0.3, -0.25) is 0 Å². The second kappa shape index (κ2) is 14.4. The first-order valence-electron chi connectivity index (χ1n) is 20.9. The van der Waals surface area contributed by atoms with Gasteiger partial charge in [0.1, 0.15) is 0 Å². The molecular formula is C55H43N7. The van der Waals surface area contributed by atoms with Crippen molar-refractivity contribution in [2.75, 3.05) is 0 Å². The maximum Gasteiger partial charge on any atom is 0.188 e. The van der Waals surface area contributed by atoms with Crippen LogP contribution in [-0.4, -0.2) is 24.1 Å². The molecular weight excluding hydrogens is 759 g/mol. The molecule has 0 fully saturated rings. The third kappa shape index (κ3) is 6.47. The van der Waals surface area contributed by atoms with Crippen LogP contribution in [0.5, 0.6) is 0 Å². The molecule has 0 aliphatic carbocycles. The van der Waals surface area contributed by atoms with Crippen molar-refractivity contribution in [1.29, 1.82) is 5.26 Å². The zero-order valence-electron chi connectivity index (χ0n) is 35.6. The summed E-state index contributed by atoms with van der Waals surface area (Å²) in [5.74, 6) is 1.66. The van der Waals surface area contributed by atoms with E-state index in [4.69, 9.17) is 21.5 Å². The zero-order chi connectivity index (χ0) is 42.9. The van der Waals surface area contributed by atoms with Crippen LogP contribution in [0.15, 0.2) is 152 Å². The van der Waals surface area contributed by atoms with Crippen LogP contribution in [0.25, 0.3) is 94.0 Å². The topological polar surface area (TPSA) is 76.7 Å². The van der Waals surface area contributed by atoms with Gasteiger partial charge in [-0.2, -0.15) is 5.26 Å². The molecule has 0 saturated carbocycles. The maximum absolute atomic E-state index is 10.1. The van der Waals surface area contributed by atoms with E-state index in [-0.39, 0.29) is 10.8 Å². The number of hydrogen-bond acceptors (Lipinski definition) is 4. The van der Waals surface area contributed by atoms with E-state index in [1.54, 1.807) is 0 Å². The summed E-state index contributed by atoms with van der Waals surface area (Å²) in [4.78, 5) is 19.5. The largest absolute Gasteiger partial charge is 0.309 e. The van der Waals surface area contributed by atoms with Gasteiger partial charge in [0.2, 0.25) is 0 Å². The molecule has 7 nitrogen and oxygen atoms in total. The van der Waals surface area contributed by atoms with Crippen molar-refractivity contribution in [1.82, 2.24) is 24.1 Å². The molecule has 0 saturated heterocycles. The summed E-state index contributed by atoms with van der Waals surface area (Å²) >= 11 is 0. The first-order valence-corrected chi connectivity index (χ1v) is 20.9. The number of hydrogen-bond donors (Lipinski definition) is 0. The fourth-order valence-corrected chi connectivity index (χ4v) is 8.61. The van der Waals surface area contributed by atoms with E-state index in [9.17, 15) is 5.26 Å². The number of nitriles is 1. The summed E-state index contributed by atoms with van der Waals surface area (Å²) in [6.45, 7) is 21.2. The molecule has 10 rings (SSSR count). The molecule has 3 heterocycles. The van der Waals surface area contributed by atoms with Gasteiger partial charge in [-0.05, 0) is 100 Å².